The number of hydrogen-bond acceptors (Lipinski definition) is 4. The maximum absolute atomic E-state index is 12.3. The molecule has 2 aliphatic heterocycles. The van der Waals surface area contributed by atoms with Crippen molar-refractivity contribution in [2.75, 3.05) is 44.3 Å². The van der Waals surface area contributed by atoms with Gasteiger partial charge in [-0.15, -0.1) is 0 Å². The van der Waals surface area contributed by atoms with E-state index in [0.29, 0.717) is 32.8 Å². The molecule has 2 aliphatic rings. The second-order valence-corrected chi connectivity index (χ2v) is 5.56. The van der Waals surface area contributed by atoms with Gasteiger partial charge in [-0.25, -0.2) is 0 Å². The molecule has 0 radical (unpaired) electrons. The van der Waals surface area contributed by atoms with Gasteiger partial charge in [0.25, 0.3) is 0 Å². The zero-order chi connectivity index (χ0) is 14.8. The van der Waals surface area contributed by atoms with Crippen LogP contribution in [0.15, 0.2) is 18.2 Å². The Kier molecular flexibility index (Phi) is 3.92. The number of hydrogen-bond donors (Lipinski definition) is 0. The van der Waals surface area contributed by atoms with Crippen LogP contribution in [0.3, 0.4) is 0 Å². The van der Waals surface area contributed by atoms with Gasteiger partial charge in [-0.1, -0.05) is 0 Å². The van der Waals surface area contributed by atoms with Gasteiger partial charge < -0.3 is 14.5 Å². The zero-order valence-corrected chi connectivity index (χ0v) is 12.3. The Bertz CT molecular complexity index is 565. The molecule has 0 spiro atoms. The first-order valence-corrected chi connectivity index (χ1v) is 7.39. The molecule has 1 fully saturated rings. The number of fused-ring (bicyclic) bond motifs is 1. The standard InChI is InChI=1S/C16H20N2O3/c1-12(19)13-2-3-15-14(10-13)4-5-18(15)11-16(20)17-6-8-21-9-7-17/h2-3,10H,4-9,11H2,1H3. The number of carbonyl (C=O) groups is 2. The third kappa shape index (κ3) is 2.93. The van der Waals surface area contributed by atoms with Crippen LogP contribution in [-0.2, 0) is 16.0 Å². The van der Waals surface area contributed by atoms with Gasteiger partial charge in [-0.3, -0.25) is 9.59 Å². The van der Waals surface area contributed by atoms with Gasteiger partial charge in [0.15, 0.2) is 5.78 Å². The molecule has 0 bridgehead atoms. The average Bonchev–Trinajstić information content (AvgIpc) is 2.90. The highest BCUT2D eigenvalue weighted by atomic mass is 16.5. The van der Waals surface area contributed by atoms with Crippen molar-refractivity contribution in [2.45, 2.75) is 13.3 Å². The van der Waals surface area contributed by atoms with Crippen molar-refractivity contribution >= 4 is 17.4 Å². The number of morpholine rings is 1. The molecule has 112 valence electrons. The van der Waals surface area contributed by atoms with Crippen LogP contribution in [0.5, 0.6) is 0 Å². The number of amides is 1. The second-order valence-electron chi connectivity index (χ2n) is 5.56. The molecule has 0 saturated carbocycles. The van der Waals surface area contributed by atoms with E-state index in [1.807, 2.05) is 23.1 Å². The molecule has 1 aromatic carbocycles. The van der Waals surface area contributed by atoms with Gasteiger partial charge in [-0.2, -0.15) is 0 Å². The Morgan fingerprint density at radius 1 is 1.19 bits per heavy atom. The number of ether oxygens (including phenoxy) is 1. The van der Waals surface area contributed by atoms with Gasteiger partial charge in [-0.05, 0) is 37.1 Å². The van der Waals surface area contributed by atoms with E-state index in [2.05, 4.69) is 4.90 Å². The van der Waals surface area contributed by atoms with Crippen LogP contribution in [0.25, 0.3) is 0 Å². The Balaban J connectivity index is 1.69. The molecule has 3 rings (SSSR count). The van der Waals surface area contributed by atoms with Crippen molar-refractivity contribution < 1.29 is 14.3 Å². The highest BCUT2D eigenvalue weighted by Crippen LogP contribution is 2.28. The molecule has 0 N–H and O–H groups in total. The van der Waals surface area contributed by atoms with Crippen LogP contribution < -0.4 is 4.90 Å². The summed E-state index contributed by atoms with van der Waals surface area (Å²) >= 11 is 0. The molecule has 0 atom stereocenters. The highest BCUT2D eigenvalue weighted by molar-refractivity contribution is 5.95. The zero-order valence-electron chi connectivity index (χ0n) is 12.3. The van der Waals surface area contributed by atoms with Crippen molar-refractivity contribution in [3.63, 3.8) is 0 Å². The van der Waals surface area contributed by atoms with E-state index in [0.717, 1.165) is 29.8 Å². The number of ketones is 1. The van der Waals surface area contributed by atoms with E-state index in [9.17, 15) is 9.59 Å². The lowest BCUT2D eigenvalue weighted by Crippen LogP contribution is -2.45. The summed E-state index contributed by atoms with van der Waals surface area (Å²) in [5.74, 6) is 0.238. The Morgan fingerprint density at radius 2 is 1.95 bits per heavy atom. The van der Waals surface area contributed by atoms with E-state index < -0.39 is 0 Å². The molecule has 1 amide bonds. The van der Waals surface area contributed by atoms with Crippen molar-refractivity contribution in [1.29, 1.82) is 0 Å². The molecule has 0 aliphatic carbocycles. The third-order valence-electron chi connectivity index (χ3n) is 4.17. The fraction of sp³-hybridized carbons (Fsp3) is 0.500. The number of nitrogens with zero attached hydrogens (tertiary/aromatic N) is 2. The molecule has 0 unspecified atom stereocenters. The molecule has 5 nitrogen and oxygen atoms in total. The van der Waals surface area contributed by atoms with E-state index in [1.54, 1.807) is 6.92 Å². The van der Waals surface area contributed by atoms with Crippen molar-refractivity contribution in [1.82, 2.24) is 4.90 Å². The predicted molar refractivity (Wildman–Crippen MR) is 79.8 cm³/mol. The number of rotatable bonds is 3. The molecule has 1 saturated heterocycles. The fourth-order valence-corrected chi connectivity index (χ4v) is 2.93. The van der Waals surface area contributed by atoms with Gasteiger partial charge in [0.05, 0.1) is 19.8 Å². The summed E-state index contributed by atoms with van der Waals surface area (Å²) in [5, 5.41) is 0. The molecular formula is C16H20N2O3. The fourth-order valence-electron chi connectivity index (χ4n) is 2.93. The summed E-state index contributed by atoms with van der Waals surface area (Å²) in [6.07, 6.45) is 0.896. The van der Waals surface area contributed by atoms with Crippen molar-refractivity contribution in [2.24, 2.45) is 0 Å². The van der Waals surface area contributed by atoms with Gasteiger partial charge in [0.1, 0.15) is 0 Å². The SMILES string of the molecule is CC(=O)c1ccc2c(c1)CCN2CC(=O)N1CCOCC1. The topological polar surface area (TPSA) is 49.9 Å². The largest absolute Gasteiger partial charge is 0.378 e. The van der Waals surface area contributed by atoms with Gasteiger partial charge in [0.2, 0.25) is 5.91 Å². The Hall–Kier alpha value is -1.88. The minimum absolute atomic E-state index is 0.0839. The van der Waals surface area contributed by atoms with E-state index in [-0.39, 0.29) is 11.7 Å². The van der Waals surface area contributed by atoms with Crippen LogP contribution in [0.4, 0.5) is 5.69 Å². The minimum atomic E-state index is 0.0839. The van der Waals surface area contributed by atoms with E-state index >= 15 is 0 Å². The predicted octanol–water partition coefficient (Wildman–Crippen LogP) is 1.11. The number of anilines is 1. The number of benzene rings is 1. The van der Waals surface area contributed by atoms with Crippen LogP contribution in [0.2, 0.25) is 0 Å². The van der Waals surface area contributed by atoms with Crippen LogP contribution in [-0.4, -0.2) is 56.0 Å². The van der Waals surface area contributed by atoms with Crippen LogP contribution >= 0.6 is 0 Å². The third-order valence-corrected chi connectivity index (χ3v) is 4.17. The van der Waals surface area contributed by atoms with E-state index in [1.165, 1.54) is 0 Å². The maximum Gasteiger partial charge on any atom is 0.242 e. The lowest BCUT2D eigenvalue weighted by molar-refractivity contribution is -0.133. The quantitative estimate of drug-likeness (QED) is 0.782. The molecule has 21 heavy (non-hydrogen) atoms. The Labute approximate surface area is 124 Å². The molecule has 0 aromatic heterocycles. The summed E-state index contributed by atoms with van der Waals surface area (Å²) in [7, 11) is 0. The van der Waals surface area contributed by atoms with Crippen molar-refractivity contribution in [3.05, 3.63) is 29.3 Å². The summed E-state index contributed by atoms with van der Waals surface area (Å²) in [6, 6.07) is 5.77. The summed E-state index contributed by atoms with van der Waals surface area (Å²) in [6.45, 7) is 5.45. The smallest absolute Gasteiger partial charge is 0.242 e. The summed E-state index contributed by atoms with van der Waals surface area (Å²) in [4.78, 5) is 27.7. The first-order valence-electron chi connectivity index (χ1n) is 7.39. The first kappa shape index (κ1) is 14.1. The monoisotopic (exact) mass is 288 g/mol. The van der Waals surface area contributed by atoms with Crippen LogP contribution in [0, 0.1) is 0 Å². The van der Waals surface area contributed by atoms with Gasteiger partial charge in [0, 0.05) is 30.9 Å². The molecule has 5 heteroatoms. The highest BCUT2D eigenvalue weighted by Gasteiger charge is 2.24. The lowest BCUT2D eigenvalue weighted by Gasteiger charge is -2.29. The number of carbonyl (C=O) groups excluding carboxylic acids is 2. The second kappa shape index (κ2) is 5.85. The lowest BCUT2D eigenvalue weighted by atomic mass is 10.1. The first-order chi connectivity index (χ1) is 10.1. The van der Waals surface area contributed by atoms with Gasteiger partial charge >= 0.3 is 0 Å². The average molecular weight is 288 g/mol. The van der Waals surface area contributed by atoms with Crippen LogP contribution in [0.1, 0.15) is 22.8 Å². The Morgan fingerprint density at radius 3 is 2.67 bits per heavy atom. The normalized spacial score (nSPS) is 17.8. The maximum atomic E-state index is 12.3. The number of Topliss-reactive ketones (excluding diaryl/α,β-unsaturated/α-hetero) is 1. The molecule has 2 heterocycles. The molecular weight excluding hydrogens is 268 g/mol. The molecule has 1 aromatic rings. The van der Waals surface area contributed by atoms with Crippen molar-refractivity contribution in [3.8, 4) is 0 Å². The summed E-state index contributed by atoms with van der Waals surface area (Å²) in [5.41, 5.74) is 2.99. The summed E-state index contributed by atoms with van der Waals surface area (Å²) < 4.78 is 5.27. The van der Waals surface area contributed by atoms with E-state index in [4.69, 9.17) is 4.74 Å². The minimum Gasteiger partial charge on any atom is -0.378 e.